The van der Waals surface area contributed by atoms with Gasteiger partial charge >= 0.3 is 0 Å². The van der Waals surface area contributed by atoms with Crippen LogP contribution in [0.3, 0.4) is 0 Å². The zero-order valence-corrected chi connectivity index (χ0v) is 13.3. The van der Waals surface area contributed by atoms with E-state index < -0.39 is 0 Å². The van der Waals surface area contributed by atoms with Gasteiger partial charge in [0, 0.05) is 37.8 Å². The van der Waals surface area contributed by atoms with Crippen LogP contribution in [0.4, 0.5) is 11.6 Å². The first-order valence-electron chi connectivity index (χ1n) is 8.26. The zero-order valence-electron chi connectivity index (χ0n) is 13.3. The van der Waals surface area contributed by atoms with Crippen LogP contribution in [-0.4, -0.2) is 47.1 Å². The topological polar surface area (TPSA) is 58.3 Å². The Kier molecular flexibility index (Phi) is 4.29. The maximum Gasteiger partial charge on any atom is 0.137 e. The van der Waals surface area contributed by atoms with E-state index in [1.807, 2.05) is 0 Å². The van der Waals surface area contributed by atoms with Gasteiger partial charge in [-0.1, -0.05) is 26.7 Å². The SMILES string of the molecule is CC(C)c1c(N)ncnc1N1CCN(C2CCCC2)CC1. The summed E-state index contributed by atoms with van der Waals surface area (Å²) >= 11 is 0. The van der Waals surface area contributed by atoms with Crippen molar-refractivity contribution in [2.75, 3.05) is 36.8 Å². The van der Waals surface area contributed by atoms with E-state index in [1.54, 1.807) is 6.33 Å². The van der Waals surface area contributed by atoms with Crippen LogP contribution in [0.25, 0.3) is 0 Å². The van der Waals surface area contributed by atoms with Crippen molar-refractivity contribution in [2.24, 2.45) is 0 Å². The molecule has 0 radical (unpaired) electrons. The minimum atomic E-state index is 0.356. The van der Waals surface area contributed by atoms with Crippen LogP contribution in [0.5, 0.6) is 0 Å². The third kappa shape index (κ3) is 2.98. The lowest BCUT2D eigenvalue weighted by molar-refractivity contribution is 0.187. The molecule has 21 heavy (non-hydrogen) atoms. The second-order valence-electron chi connectivity index (χ2n) is 6.61. The zero-order chi connectivity index (χ0) is 14.8. The van der Waals surface area contributed by atoms with Crippen molar-refractivity contribution < 1.29 is 0 Å². The van der Waals surface area contributed by atoms with Crippen LogP contribution in [0.15, 0.2) is 6.33 Å². The van der Waals surface area contributed by atoms with Crippen LogP contribution in [-0.2, 0) is 0 Å². The van der Waals surface area contributed by atoms with Crippen molar-refractivity contribution in [3.63, 3.8) is 0 Å². The molecule has 1 saturated carbocycles. The molecular weight excluding hydrogens is 262 g/mol. The van der Waals surface area contributed by atoms with E-state index >= 15 is 0 Å². The van der Waals surface area contributed by atoms with E-state index in [0.29, 0.717) is 11.7 Å². The third-order valence-corrected chi connectivity index (χ3v) is 4.93. The average molecular weight is 289 g/mol. The Labute approximate surface area is 127 Å². The molecule has 3 rings (SSSR count). The van der Waals surface area contributed by atoms with Crippen molar-refractivity contribution in [1.82, 2.24) is 14.9 Å². The molecule has 0 atom stereocenters. The molecule has 2 fully saturated rings. The van der Waals surface area contributed by atoms with Crippen LogP contribution in [0.1, 0.15) is 51.0 Å². The van der Waals surface area contributed by atoms with Crippen molar-refractivity contribution in [3.8, 4) is 0 Å². The van der Waals surface area contributed by atoms with Gasteiger partial charge in [-0.3, -0.25) is 4.90 Å². The Morgan fingerprint density at radius 1 is 1.10 bits per heavy atom. The molecule has 1 aromatic rings. The fourth-order valence-corrected chi connectivity index (χ4v) is 3.77. The molecule has 1 aromatic heterocycles. The highest BCUT2D eigenvalue weighted by atomic mass is 15.3. The van der Waals surface area contributed by atoms with Crippen LogP contribution in [0, 0.1) is 0 Å². The summed E-state index contributed by atoms with van der Waals surface area (Å²) in [7, 11) is 0. The predicted octanol–water partition coefficient (Wildman–Crippen LogP) is 2.25. The Morgan fingerprint density at radius 3 is 2.38 bits per heavy atom. The Bertz CT molecular complexity index is 474. The van der Waals surface area contributed by atoms with Gasteiger partial charge in [0.1, 0.15) is 18.0 Å². The molecule has 2 heterocycles. The quantitative estimate of drug-likeness (QED) is 0.925. The molecule has 1 aliphatic carbocycles. The molecule has 1 aliphatic heterocycles. The second-order valence-corrected chi connectivity index (χ2v) is 6.61. The van der Waals surface area contributed by atoms with Gasteiger partial charge in [-0.15, -0.1) is 0 Å². The average Bonchev–Trinajstić information content (AvgIpc) is 3.01. The predicted molar refractivity (Wildman–Crippen MR) is 86.6 cm³/mol. The lowest BCUT2D eigenvalue weighted by Crippen LogP contribution is -2.50. The summed E-state index contributed by atoms with van der Waals surface area (Å²) in [4.78, 5) is 13.7. The smallest absolute Gasteiger partial charge is 0.137 e. The van der Waals surface area contributed by atoms with Crippen molar-refractivity contribution >= 4 is 11.6 Å². The van der Waals surface area contributed by atoms with E-state index in [4.69, 9.17) is 5.73 Å². The Morgan fingerprint density at radius 2 is 1.76 bits per heavy atom. The number of piperazine rings is 1. The first kappa shape index (κ1) is 14.6. The fourth-order valence-electron chi connectivity index (χ4n) is 3.77. The number of nitrogens with two attached hydrogens (primary N) is 1. The van der Waals surface area contributed by atoms with Gasteiger partial charge in [0.05, 0.1) is 0 Å². The molecule has 2 N–H and O–H groups in total. The minimum Gasteiger partial charge on any atom is -0.383 e. The molecule has 0 unspecified atom stereocenters. The molecule has 5 nitrogen and oxygen atoms in total. The number of hydrogen-bond donors (Lipinski definition) is 1. The first-order valence-corrected chi connectivity index (χ1v) is 8.26. The number of rotatable bonds is 3. The second kappa shape index (κ2) is 6.18. The summed E-state index contributed by atoms with van der Waals surface area (Å²) in [6.45, 7) is 8.71. The third-order valence-electron chi connectivity index (χ3n) is 4.93. The van der Waals surface area contributed by atoms with Crippen molar-refractivity contribution in [2.45, 2.75) is 51.5 Å². The summed E-state index contributed by atoms with van der Waals surface area (Å²) in [5, 5.41) is 0. The monoisotopic (exact) mass is 289 g/mol. The summed E-state index contributed by atoms with van der Waals surface area (Å²) in [5.74, 6) is 2.03. The van der Waals surface area contributed by atoms with Crippen LogP contribution in [0.2, 0.25) is 0 Å². The number of anilines is 2. The van der Waals surface area contributed by atoms with E-state index in [1.165, 1.54) is 25.7 Å². The van der Waals surface area contributed by atoms with E-state index in [0.717, 1.165) is 43.6 Å². The summed E-state index contributed by atoms with van der Waals surface area (Å²) in [5.41, 5.74) is 7.17. The molecule has 0 spiro atoms. The van der Waals surface area contributed by atoms with Crippen LogP contribution < -0.4 is 10.6 Å². The maximum atomic E-state index is 6.07. The fraction of sp³-hybridized carbons (Fsp3) is 0.750. The normalized spacial score (nSPS) is 21.4. The summed E-state index contributed by atoms with van der Waals surface area (Å²) in [6.07, 6.45) is 7.19. The van der Waals surface area contributed by atoms with Gasteiger partial charge in [0.25, 0.3) is 0 Å². The highest BCUT2D eigenvalue weighted by Gasteiger charge is 2.28. The number of hydrogen-bond acceptors (Lipinski definition) is 5. The summed E-state index contributed by atoms with van der Waals surface area (Å²) in [6, 6.07) is 0.826. The van der Waals surface area contributed by atoms with Crippen molar-refractivity contribution in [1.29, 1.82) is 0 Å². The lowest BCUT2D eigenvalue weighted by Gasteiger charge is -2.39. The molecule has 1 saturated heterocycles. The van der Waals surface area contributed by atoms with Gasteiger partial charge in [-0.25, -0.2) is 9.97 Å². The first-order chi connectivity index (χ1) is 10.2. The molecule has 2 aliphatic rings. The molecule has 5 heteroatoms. The molecule has 116 valence electrons. The highest BCUT2D eigenvalue weighted by Crippen LogP contribution is 2.31. The van der Waals surface area contributed by atoms with E-state index in [9.17, 15) is 0 Å². The minimum absolute atomic E-state index is 0.356. The van der Waals surface area contributed by atoms with Gasteiger partial charge in [-0.05, 0) is 18.8 Å². The lowest BCUT2D eigenvalue weighted by atomic mass is 10.0. The van der Waals surface area contributed by atoms with E-state index in [-0.39, 0.29) is 0 Å². The number of nitrogens with zero attached hydrogens (tertiary/aromatic N) is 4. The molecule has 0 aromatic carbocycles. The highest BCUT2D eigenvalue weighted by molar-refractivity contribution is 5.58. The summed E-state index contributed by atoms with van der Waals surface area (Å²) < 4.78 is 0. The van der Waals surface area contributed by atoms with Gasteiger partial charge in [0.2, 0.25) is 0 Å². The van der Waals surface area contributed by atoms with Gasteiger partial charge in [0.15, 0.2) is 0 Å². The van der Waals surface area contributed by atoms with Crippen molar-refractivity contribution in [3.05, 3.63) is 11.9 Å². The number of aromatic nitrogens is 2. The maximum absolute atomic E-state index is 6.07. The van der Waals surface area contributed by atoms with Crippen LogP contribution >= 0.6 is 0 Å². The molecular formula is C16H27N5. The largest absolute Gasteiger partial charge is 0.383 e. The Balaban J connectivity index is 1.70. The molecule has 0 amide bonds. The standard InChI is InChI=1S/C16H27N5/c1-12(2)14-15(17)18-11-19-16(14)21-9-7-20(8-10-21)13-5-3-4-6-13/h11-13H,3-10H2,1-2H3,(H2,17,18,19). The number of nitrogen functional groups attached to an aromatic ring is 1. The van der Waals surface area contributed by atoms with E-state index in [2.05, 4.69) is 33.6 Å². The molecule has 0 bridgehead atoms. The van der Waals surface area contributed by atoms with Gasteiger partial charge < -0.3 is 10.6 Å². The van der Waals surface area contributed by atoms with Gasteiger partial charge in [-0.2, -0.15) is 0 Å². The Hall–Kier alpha value is -1.36.